The maximum absolute atomic E-state index is 4.41. The van der Waals surface area contributed by atoms with E-state index in [9.17, 15) is 0 Å². The smallest absolute Gasteiger partial charge is 0.172 e. The Balaban J connectivity index is 2.48. The van der Waals surface area contributed by atoms with Crippen LogP contribution in [0.2, 0.25) is 0 Å². The average molecular weight is 246 g/mol. The van der Waals surface area contributed by atoms with Gasteiger partial charge in [0.1, 0.15) is 0 Å². The molecular formula is C14H18N2S. The minimum Gasteiger partial charge on any atom is -0.295 e. The van der Waals surface area contributed by atoms with Crippen LogP contribution in [0.1, 0.15) is 32.3 Å². The number of hydrogen-bond acceptors (Lipinski definition) is 2. The fraction of sp³-hybridized carbons (Fsp3) is 0.357. The highest BCUT2D eigenvalue weighted by atomic mass is 32.2. The standard InChI is InChI=1S/C14H18N2S/c1-4-17-14-15-9-10-16(14)13-8-6-5-7-12(13)11(2)3/h5-11H,4H2,1-3H3. The lowest BCUT2D eigenvalue weighted by atomic mass is 10.0. The summed E-state index contributed by atoms with van der Waals surface area (Å²) in [7, 11) is 0. The van der Waals surface area contributed by atoms with Gasteiger partial charge in [0.05, 0.1) is 5.69 Å². The van der Waals surface area contributed by atoms with Gasteiger partial charge in [-0.05, 0) is 23.3 Å². The highest BCUT2D eigenvalue weighted by Crippen LogP contribution is 2.26. The van der Waals surface area contributed by atoms with Gasteiger partial charge in [0, 0.05) is 12.4 Å². The zero-order chi connectivity index (χ0) is 12.3. The van der Waals surface area contributed by atoms with E-state index in [-0.39, 0.29) is 0 Å². The molecule has 0 aliphatic heterocycles. The molecule has 3 heteroatoms. The molecule has 0 saturated heterocycles. The summed E-state index contributed by atoms with van der Waals surface area (Å²) in [4.78, 5) is 4.41. The van der Waals surface area contributed by atoms with Gasteiger partial charge in [-0.15, -0.1) is 0 Å². The van der Waals surface area contributed by atoms with Gasteiger partial charge in [-0.3, -0.25) is 4.57 Å². The van der Waals surface area contributed by atoms with Gasteiger partial charge < -0.3 is 0 Å². The predicted molar refractivity (Wildman–Crippen MR) is 74.1 cm³/mol. The van der Waals surface area contributed by atoms with Crippen molar-refractivity contribution in [2.24, 2.45) is 0 Å². The quantitative estimate of drug-likeness (QED) is 0.756. The summed E-state index contributed by atoms with van der Waals surface area (Å²) in [6, 6.07) is 8.54. The largest absolute Gasteiger partial charge is 0.295 e. The van der Waals surface area contributed by atoms with Crippen LogP contribution in [0.15, 0.2) is 41.8 Å². The maximum atomic E-state index is 4.41. The first-order chi connectivity index (χ1) is 8.24. The van der Waals surface area contributed by atoms with E-state index in [1.807, 2.05) is 12.4 Å². The van der Waals surface area contributed by atoms with Crippen molar-refractivity contribution in [2.75, 3.05) is 5.75 Å². The van der Waals surface area contributed by atoms with Crippen molar-refractivity contribution in [1.82, 2.24) is 9.55 Å². The summed E-state index contributed by atoms with van der Waals surface area (Å²) in [5.74, 6) is 1.56. The number of thioether (sulfide) groups is 1. The van der Waals surface area contributed by atoms with Crippen LogP contribution >= 0.6 is 11.8 Å². The Morgan fingerprint density at radius 1 is 1.29 bits per heavy atom. The molecule has 2 rings (SSSR count). The van der Waals surface area contributed by atoms with E-state index in [1.165, 1.54) is 11.3 Å². The number of aromatic nitrogens is 2. The van der Waals surface area contributed by atoms with Crippen molar-refractivity contribution in [3.05, 3.63) is 42.2 Å². The van der Waals surface area contributed by atoms with Gasteiger partial charge in [-0.25, -0.2) is 4.98 Å². The molecule has 1 aromatic heterocycles. The molecule has 0 bridgehead atoms. The van der Waals surface area contributed by atoms with E-state index in [2.05, 4.69) is 54.6 Å². The first-order valence-corrected chi connectivity index (χ1v) is 6.98. The molecule has 0 fully saturated rings. The SMILES string of the molecule is CCSc1nccn1-c1ccccc1C(C)C. The molecule has 0 atom stereocenters. The summed E-state index contributed by atoms with van der Waals surface area (Å²) in [5, 5.41) is 1.07. The molecule has 1 aromatic carbocycles. The van der Waals surface area contributed by atoms with Crippen molar-refractivity contribution < 1.29 is 0 Å². The molecule has 0 aliphatic carbocycles. The molecular weight excluding hydrogens is 228 g/mol. The fourth-order valence-corrected chi connectivity index (χ4v) is 2.60. The molecule has 0 amide bonds. The third-order valence-corrected chi connectivity index (χ3v) is 3.55. The normalized spacial score (nSPS) is 11.1. The van der Waals surface area contributed by atoms with Crippen molar-refractivity contribution in [1.29, 1.82) is 0 Å². The van der Waals surface area contributed by atoms with Gasteiger partial charge in [-0.1, -0.05) is 50.7 Å². The fourth-order valence-electron chi connectivity index (χ4n) is 1.90. The molecule has 0 N–H and O–H groups in total. The van der Waals surface area contributed by atoms with Crippen molar-refractivity contribution in [2.45, 2.75) is 31.8 Å². The van der Waals surface area contributed by atoms with Crippen molar-refractivity contribution in [3.63, 3.8) is 0 Å². The lowest BCUT2D eigenvalue weighted by Crippen LogP contribution is -2.01. The number of benzene rings is 1. The van der Waals surface area contributed by atoms with Crippen LogP contribution in [0.3, 0.4) is 0 Å². The lowest BCUT2D eigenvalue weighted by molar-refractivity contribution is 0.818. The Morgan fingerprint density at radius 2 is 2.06 bits per heavy atom. The van der Waals surface area contributed by atoms with Crippen LogP contribution in [0.5, 0.6) is 0 Å². The molecule has 1 heterocycles. The van der Waals surface area contributed by atoms with E-state index in [4.69, 9.17) is 0 Å². The Hall–Kier alpha value is -1.22. The molecule has 0 spiro atoms. The van der Waals surface area contributed by atoms with Gasteiger partial charge in [-0.2, -0.15) is 0 Å². The van der Waals surface area contributed by atoms with E-state index in [1.54, 1.807) is 11.8 Å². The van der Waals surface area contributed by atoms with E-state index in [0.29, 0.717) is 5.92 Å². The molecule has 0 aliphatic rings. The number of hydrogen-bond donors (Lipinski definition) is 0. The summed E-state index contributed by atoms with van der Waals surface area (Å²) in [6.07, 6.45) is 3.91. The van der Waals surface area contributed by atoms with Crippen molar-refractivity contribution in [3.8, 4) is 5.69 Å². The third-order valence-electron chi connectivity index (χ3n) is 2.70. The minimum absolute atomic E-state index is 0.521. The zero-order valence-electron chi connectivity index (χ0n) is 10.6. The van der Waals surface area contributed by atoms with Gasteiger partial charge in [0.25, 0.3) is 0 Å². The first-order valence-electron chi connectivity index (χ1n) is 5.99. The summed E-state index contributed by atoms with van der Waals surface area (Å²) in [5.41, 5.74) is 2.61. The molecule has 2 nitrogen and oxygen atoms in total. The zero-order valence-corrected chi connectivity index (χ0v) is 11.4. The summed E-state index contributed by atoms with van der Waals surface area (Å²) < 4.78 is 2.18. The molecule has 0 saturated carbocycles. The van der Waals surface area contributed by atoms with Crippen LogP contribution in [0.4, 0.5) is 0 Å². The number of nitrogens with zero attached hydrogens (tertiary/aromatic N) is 2. The van der Waals surface area contributed by atoms with Gasteiger partial charge >= 0.3 is 0 Å². The van der Waals surface area contributed by atoms with Gasteiger partial charge in [0.2, 0.25) is 0 Å². The van der Waals surface area contributed by atoms with Crippen LogP contribution in [-0.4, -0.2) is 15.3 Å². The first kappa shape index (κ1) is 12.2. The topological polar surface area (TPSA) is 17.8 Å². The second-order valence-corrected chi connectivity index (χ2v) is 5.46. The monoisotopic (exact) mass is 246 g/mol. The van der Waals surface area contributed by atoms with Crippen LogP contribution in [0.25, 0.3) is 5.69 Å². The molecule has 0 unspecified atom stereocenters. The van der Waals surface area contributed by atoms with E-state index in [0.717, 1.165) is 10.9 Å². The summed E-state index contributed by atoms with van der Waals surface area (Å²) >= 11 is 1.78. The van der Waals surface area contributed by atoms with Crippen LogP contribution in [0, 0.1) is 0 Å². The Morgan fingerprint density at radius 3 is 2.76 bits per heavy atom. The van der Waals surface area contributed by atoms with Gasteiger partial charge in [0.15, 0.2) is 5.16 Å². The maximum Gasteiger partial charge on any atom is 0.172 e. The van der Waals surface area contributed by atoms with Crippen LogP contribution in [-0.2, 0) is 0 Å². The Labute approximate surface area is 107 Å². The second-order valence-electron chi connectivity index (χ2n) is 4.23. The van der Waals surface area contributed by atoms with Crippen LogP contribution < -0.4 is 0 Å². The second kappa shape index (κ2) is 5.41. The number of rotatable bonds is 4. The van der Waals surface area contributed by atoms with Crippen molar-refractivity contribution >= 4 is 11.8 Å². The predicted octanol–water partition coefficient (Wildman–Crippen LogP) is 4.11. The molecule has 0 radical (unpaired) electrons. The molecule has 90 valence electrons. The Bertz CT molecular complexity index is 488. The molecule has 2 aromatic rings. The third kappa shape index (κ3) is 2.55. The van der Waals surface area contributed by atoms with E-state index >= 15 is 0 Å². The number of imidazole rings is 1. The Kier molecular flexibility index (Phi) is 3.89. The number of para-hydroxylation sites is 1. The highest BCUT2D eigenvalue weighted by molar-refractivity contribution is 7.99. The summed E-state index contributed by atoms with van der Waals surface area (Å²) in [6.45, 7) is 6.60. The highest BCUT2D eigenvalue weighted by Gasteiger charge is 2.10. The lowest BCUT2D eigenvalue weighted by Gasteiger charge is -2.14. The minimum atomic E-state index is 0.521. The molecule has 17 heavy (non-hydrogen) atoms. The van der Waals surface area contributed by atoms with E-state index < -0.39 is 0 Å². The average Bonchev–Trinajstić information content (AvgIpc) is 2.77.